The van der Waals surface area contributed by atoms with E-state index in [0.29, 0.717) is 10.6 Å². The zero-order chi connectivity index (χ0) is 12.1. The van der Waals surface area contributed by atoms with Crippen LogP contribution < -0.4 is 0 Å². The molecule has 1 aromatic carbocycles. The van der Waals surface area contributed by atoms with Crippen LogP contribution in [0.15, 0.2) is 24.3 Å². The number of halogens is 1. The van der Waals surface area contributed by atoms with Crippen molar-refractivity contribution in [3.05, 3.63) is 34.9 Å². The SMILES string of the molecule is COC(=O)C(C(=O)OC)c1ccccc1Cl. The Morgan fingerprint density at radius 2 is 1.62 bits per heavy atom. The van der Waals surface area contributed by atoms with Crippen LogP contribution in [0.25, 0.3) is 0 Å². The Bertz CT molecular complexity index is 387. The summed E-state index contributed by atoms with van der Waals surface area (Å²) in [6.45, 7) is 0. The maximum atomic E-state index is 11.5. The van der Waals surface area contributed by atoms with Gasteiger partial charge < -0.3 is 9.47 Å². The Morgan fingerprint density at radius 1 is 1.12 bits per heavy atom. The Balaban J connectivity index is 3.16. The molecule has 0 heterocycles. The van der Waals surface area contributed by atoms with Crippen molar-refractivity contribution in [1.29, 1.82) is 0 Å². The zero-order valence-corrected chi connectivity index (χ0v) is 9.65. The molecule has 0 unspecified atom stereocenters. The molecule has 0 saturated carbocycles. The summed E-state index contributed by atoms with van der Waals surface area (Å²) in [5.41, 5.74) is 0.378. The number of carbonyl (C=O) groups is 2. The predicted octanol–water partition coefficient (Wildman–Crippen LogP) is 1.77. The first-order valence-corrected chi connectivity index (χ1v) is 4.89. The van der Waals surface area contributed by atoms with Gasteiger partial charge in [0.15, 0.2) is 5.92 Å². The Hall–Kier alpha value is -1.55. The van der Waals surface area contributed by atoms with Crippen molar-refractivity contribution in [3.8, 4) is 0 Å². The largest absolute Gasteiger partial charge is 0.468 e. The molecule has 0 amide bonds. The van der Waals surface area contributed by atoms with Crippen molar-refractivity contribution in [2.45, 2.75) is 5.92 Å². The summed E-state index contributed by atoms with van der Waals surface area (Å²) in [6, 6.07) is 6.56. The highest BCUT2D eigenvalue weighted by atomic mass is 35.5. The van der Waals surface area contributed by atoms with E-state index in [0.717, 1.165) is 0 Å². The van der Waals surface area contributed by atoms with E-state index < -0.39 is 17.9 Å². The monoisotopic (exact) mass is 242 g/mol. The second-order valence-corrected chi connectivity index (χ2v) is 3.41. The summed E-state index contributed by atoms with van der Waals surface area (Å²) in [6.07, 6.45) is 0. The lowest BCUT2D eigenvalue weighted by Gasteiger charge is -2.13. The van der Waals surface area contributed by atoms with E-state index in [1.165, 1.54) is 14.2 Å². The highest BCUT2D eigenvalue weighted by Gasteiger charge is 2.31. The number of methoxy groups -OCH3 is 2. The van der Waals surface area contributed by atoms with Gasteiger partial charge in [-0.2, -0.15) is 0 Å². The standard InChI is InChI=1S/C11H11ClO4/c1-15-10(13)9(11(14)16-2)7-5-3-4-6-8(7)12/h3-6,9H,1-2H3. The number of esters is 2. The third kappa shape index (κ3) is 2.52. The summed E-state index contributed by atoms with van der Waals surface area (Å²) in [5.74, 6) is -2.52. The van der Waals surface area contributed by atoms with E-state index in [1.807, 2.05) is 0 Å². The highest BCUT2D eigenvalue weighted by Crippen LogP contribution is 2.26. The molecule has 0 fully saturated rings. The number of hydrogen-bond donors (Lipinski definition) is 0. The van der Waals surface area contributed by atoms with E-state index >= 15 is 0 Å². The molecule has 0 saturated heterocycles. The molecule has 16 heavy (non-hydrogen) atoms. The first-order chi connectivity index (χ1) is 7.61. The van der Waals surface area contributed by atoms with Gasteiger partial charge in [-0.15, -0.1) is 0 Å². The van der Waals surface area contributed by atoms with Crippen LogP contribution in [0.2, 0.25) is 5.02 Å². The van der Waals surface area contributed by atoms with Crippen LogP contribution in [-0.2, 0) is 19.1 Å². The zero-order valence-electron chi connectivity index (χ0n) is 8.90. The van der Waals surface area contributed by atoms with Crippen molar-refractivity contribution < 1.29 is 19.1 Å². The number of benzene rings is 1. The molecular formula is C11H11ClO4. The van der Waals surface area contributed by atoms with Gasteiger partial charge in [-0.3, -0.25) is 9.59 Å². The van der Waals surface area contributed by atoms with E-state index in [1.54, 1.807) is 24.3 Å². The average Bonchev–Trinajstić information content (AvgIpc) is 2.31. The van der Waals surface area contributed by atoms with Gasteiger partial charge in [0.2, 0.25) is 0 Å². The van der Waals surface area contributed by atoms with Crippen LogP contribution in [0.3, 0.4) is 0 Å². The first-order valence-electron chi connectivity index (χ1n) is 4.52. The third-order valence-corrected chi connectivity index (χ3v) is 2.43. The van der Waals surface area contributed by atoms with Gasteiger partial charge in [0.1, 0.15) is 0 Å². The number of hydrogen-bond acceptors (Lipinski definition) is 4. The Kier molecular flexibility index (Phi) is 4.31. The quantitative estimate of drug-likeness (QED) is 0.599. The molecule has 5 heteroatoms. The molecule has 0 aromatic heterocycles. The average molecular weight is 243 g/mol. The van der Waals surface area contributed by atoms with Gasteiger partial charge >= 0.3 is 11.9 Å². The highest BCUT2D eigenvalue weighted by molar-refractivity contribution is 6.32. The fraction of sp³-hybridized carbons (Fsp3) is 0.273. The van der Waals surface area contributed by atoms with Gasteiger partial charge in [-0.1, -0.05) is 29.8 Å². The molecule has 0 aliphatic rings. The van der Waals surface area contributed by atoms with Gasteiger partial charge in [-0.25, -0.2) is 0 Å². The lowest BCUT2D eigenvalue weighted by Crippen LogP contribution is -2.24. The van der Waals surface area contributed by atoms with Crippen LogP contribution in [-0.4, -0.2) is 26.2 Å². The minimum absolute atomic E-state index is 0.323. The number of rotatable bonds is 3. The Labute approximate surface area is 98.1 Å². The second kappa shape index (κ2) is 5.51. The van der Waals surface area contributed by atoms with Crippen molar-refractivity contribution in [1.82, 2.24) is 0 Å². The van der Waals surface area contributed by atoms with Crippen LogP contribution in [0.1, 0.15) is 11.5 Å². The maximum Gasteiger partial charge on any atom is 0.324 e. The van der Waals surface area contributed by atoms with Gasteiger partial charge in [0.05, 0.1) is 14.2 Å². The van der Waals surface area contributed by atoms with Gasteiger partial charge in [0, 0.05) is 5.02 Å². The van der Waals surface area contributed by atoms with Crippen LogP contribution in [0, 0.1) is 0 Å². The molecule has 1 aromatic rings. The molecule has 1 rings (SSSR count). The smallest absolute Gasteiger partial charge is 0.324 e. The molecule has 0 N–H and O–H groups in total. The van der Waals surface area contributed by atoms with Gasteiger partial charge in [-0.05, 0) is 11.6 Å². The van der Waals surface area contributed by atoms with Crippen LogP contribution in [0.5, 0.6) is 0 Å². The molecule has 86 valence electrons. The Morgan fingerprint density at radius 3 is 2.06 bits per heavy atom. The molecule has 0 radical (unpaired) electrons. The van der Waals surface area contributed by atoms with E-state index in [4.69, 9.17) is 11.6 Å². The topological polar surface area (TPSA) is 52.6 Å². The normalized spacial score (nSPS) is 10.0. The number of ether oxygens (including phenoxy) is 2. The van der Waals surface area contributed by atoms with Crippen LogP contribution in [0.4, 0.5) is 0 Å². The minimum Gasteiger partial charge on any atom is -0.468 e. The lowest BCUT2D eigenvalue weighted by molar-refractivity contribution is -0.154. The molecule has 0 spiro atoms. The summed E-state index contributed by atoms with van der Waals surface area (Å²) < 4.78 is 9.09. The molecule has 0 aliphatic heterocycles. The van der Waals surface area contributed by atoms with E-state index in [9.17, 15) is 9.59 Å². The van der Waals surface area contributed by atoms with E-state index in [2.05, 4.69) is 9.47 Å². The van der Waals surface area contributed by atoms with Gasteiger partial charge in [0.25, 0.3) is 0 Å². The molecule has 0 atom stereocenters. The number of carbonyl (C=O) groups excluding carboxylic acids is 2. The third-order valence-electron chi connectivity index (χ3n) is 2.09. The summed E-state index contributed by atoms with van der Waals surface area (Å²) in [4.78, 5) is 23.0. The lowest BCUT2D eigenvalue weighted by atomic mass is 9.99. The first kappa shape index (κ1) is 12.5. The fourth-order valence-corrected chi connectivity index (χ4v) is 1.54. The molecule has 0 aliphatic carbocycles. The fourth-order valence-electron chi connectivity index (χ4n) is 1.30. The second-order valence-electron chi connectivity index (χ2n) is 3.00. The maximum absolute atomic E-state index is 11.5. The van der Waals surface area contributed by atoms with Crippen molar-refractivity contribution in [2.75, 3.05) is 14.2 Å². The van der Waals surface area contributed by atoms with E-state index in [-0.39, 0.29) is 0 Å². The predicted molar refractivity (Wildman–Crippen MR) is 58.2 cm³/mol. The van der Waals surface area contributed by atoms with Crippen molar-refractivity contribution in [2.24, 2.45) is 0 Å². The molecular weight excluding hydrogens is 232 g/mol. The molecule has 0 bridgehead atoms. The van der Waals surface area contributed by atoms with Crippen molar-refractivity contribution >= 4 is 23.5 Å². The van der Waals surface area contributed by atoms with Crippen LogP contribution >= 0.6 is 11.6 Å². The summed E-state index contributed by atoms with van der Waals surface area (Å²) in [5, 5.41) is 0.323. The van der Waals surface area contributed by atoms with Crippen molar-refractivity contribution in [3.63, 3.8) is 0 Å². The molecule has 4 nitrogen and oxygen atoms in total. The summed E-state index contributed by atoms with van der Waals surface area (Å²) in [7, 11) is 2.41. The summed E-state index contributed by atoms with van der Waals surface area (Å²) >= 11 is 5.91. The minimum atomic E-state index is -1.14.